The van der Waals surface area contributed by atoms with Crippen LogP contribution in [0.4, 0.5) is 36.4 Å². The van der Waals surface area contributed by atoms with Crippen molar-refractivity contribution < 1.29 is 30.7 Å². The number of nitrogens with zero attached hydrogens (tertiary/aromatic N) is 1. The van der Waals surface area contributed by atoms with Crippen LogP contribution in [0.5, 0.6) is 0 Å². The van der Waals surface area contributed by atoms with Crippen LogP contribution in [-0.4, -0.2) is 32.1 Å². The van der Waals surface area contributed by atoms with E-state index in [1.807, 2.05) is 0 Å². The van der Waals surface area contributed by atoms with Gasteiger partial charge in [-0.1, -0.05) is 12.1 Å². The molecule has 0 unspecified atom stereocenters. The van der Waals surface area contributed by atoms with Crippen LogP contribution in [0.3, 0.4) is 0 Å². The lowest BCUT2D eigenvalue weighted by atomic mass is 10.0. The predicted octanol–water partition coefficient (Wildman–Crippen LogP) is 4.13. The molecule has 0 spiro atoms. The van der Waals surface area contributed by atoms with Gasteiger partial charge in [0.15, 0.2) is 0 Å². The molecule has 20 heavy (non-hydrogen) atoms. The molecule has 0 saturated carbocycles. The zero-order valence-corrected chi connectivity index (χ0v) is 10.6. The summed E-state index contributed by atoms with van der Waals surface area (Å²) in [6, 6.07) is 4.90. The summed E-state index contributed by atoms with van der Waals surface area (Å²) in [5, 5.41) is 0. The van der Waals surface area contributed by atoms with Gasteiger partial charge < -0.3 is 4.90 Å². The molecular weight excluding hydrogens is 291 g/mol. The van der Waals surface area contributed by atoms with Gasteiger partial charge in [-0.05, 0) is 17.7 Å². The van der Waals surface area contributed by atoms with Gasteiger partial charge in [-0.3, -0.25) is 0 Å². The first kappa shape index (κ1) is 16.6. The maximum absolute atomic E-state index is 13.2. The maximum Gasteiger partial charge on any atom is 0.459 e. The minimum absolute atomic E-state index is 0.301. The van der Waals surface area contributed by atoms with Crippen molar-refractivity contribution in [3.63, 3.8) is 0 Å². The fourth-order valence-corrected chi connectivity index (χ4v) is 1.49. The molecule has 0 amide bonds. The largest absolute Gasteiger partial charge is 0.459 e. The predicted molar refractivity (Wildman–Crippen MR) is 60.4 cm³/mol. The lowest BCUT2D eigenvalue weighted by Crippen LogP contribution is -2.53. The Kier molecular flexibility index (Phi) is 4.26. The van der Waals surface area contributed by atoms with Crippen LogP contribution in [0.2, 0.25) is 0 Å². The van der Waals surface area contributed by atoms with Crippen LogP contribution in [0.1, 0.15) is 5.56 Å². The molecule has 8 heteroatoms. The van der Waals surface area contributed by atoms with Gasteiger partial charge in [-0.25, -0.2) is 0 Å². The monoisotopic (exact) mass is 303 g/mol. The van der Waals surface area contributed by atoms with Crippen LogP contribution >= 0.6 is 0 Å². The SMILES string of the molecule is CN(C)c1ccc(CC(F)(F)C(F)(F)C(F)(F)F)cc1. The van der Waals surface area contributed by atoms with Gasteiger partial charge in [0.25, 0.3) is 0 Å². The van der Waals surface area contributed by atoms with Crippen LogP contribution < -0.4 is 4.90 Å². The lowest BCUT2D eigenvalue weighted by Gasteiger charge is -2.28. The summed E-state index contributed by atoms with van der Waals surface area (Å²) < 4.78 is 87.7. The van der Waals surface area contributed by atoms with E-state index in [1.54, 1.807) is 19.0 Å². The second-order valence-corrected chi connectivity index (χ2v) is 4.51. The highest BCUT2D eigenvalue weighted by Crippen LogP contribution is 2.47. The molecule has 1 rings (SSSR count). The van der Waals surface area contributed by atoms with Crippen molar-refractivity contribution in [2.45, 2.75) is 24.4 Å². The first-order chi connectivity index (χ1) is 8.88. The molecule has 0 aliphatic carbocycles. The highest BCUT2D eigenvalue weighted by Gasteiger charge is 2.72. The van der Waals surface area contributed by atoms with Crippen molar-refractivity contribution >= 4 is 5.69 Å². The number of hydrogen-bond donors (Lipinski definition) is 0. The Balaban J connectivity index is 2.96. The van der Waals surface area contributed by atoms with Gasteiger partial charge in [-0.2, -0.15) is 30.7 Å². The molecule has 0 heterocycles. The number of hydrogen-bond acceptors (Lipinski definition) is 1. The van der Waals surface area contributed by atoms with Gasteiger partial charge in [0.05, 0.1) is 0 Å². The first-order valence-corrected chi connectivity index (χ1v) is 5.47. The molecule has 0 fully saturated rings. The van der Waals surface area contributed by atoms with Crippen LogP contribution in [0.15, 0.2) is 24.3 Å². The Labute approximate surface area is 111 Å². The summed E-state index contributed by atoms with van der Waals surface area (Å²) in [6.45, 7) is 0. The molecule has 0 bridgehead atoms. The average molecular weight is 303 g/mol. The second kappa shape index (κ2) is 5.14. The Hall–Kier alpha value is -1.47. The summed E-state index contributed by atoms with van der Waals surface area (Å²) in [6.07, 6.45) is -7.98. The standard InChI is InChI=1S/C12H12F7N/c1-20(2)9-5-3-8(4-6-9)7-10(13,14)11(15,16)12(17,18)19/h3-6H,7H2,1-2H3. The molecule has 0 N–H and O–H groups in total. The van der Waals surface area contributed by atoms with E-state index in [0.29, 0.717) is 5.69 Å². The zero-order chi connectivity index (χ0) is 15.8. The average Bonchev–Trinajstić information content (AvgIpc) is 2.27. The smallest absolute Gasteiger partial charge is 0.378 e. The summed E-state index contributed by atoms with van der Waals surface area (Å²) in [7, 11) is 3.34. The summed E-state index contributed by atoms with van der Waals surface area (Å²) in [5.41, 5.74) is 0.309. The maximum atomic E-state index is 13.2. The number of anilines is 1. The lowest BCUT2D eigenvalue weighted by molar-refractivity contribution is -0.354. The Morgan fingerprint density at radius 2 is 1.30 bits per heavy atom. The van der Waals surface area contributed by atoms with Crippen molar-refractivity contribution in [3.05, 3.63) is 29.8 Å². The number of halogens is 7. The first-order valence-electron chi connectivity index (χ1n) is 5.47. The van der Waals surface area contributed by atoms with Crippen LogP contribution in [0, 0.1) is 0 Å². The molecule has 0 aliphatic heterocycles. The molecule has 0 radical (unpaired) electrons. The van der Waals surface area contributed by atoms with E-state index >= 15 is 0 Å². The third-order valence-electron chi connectivity index (χ3n) is 2.69. The highest BCUT2D eigenvalue weighted by molar-refractivity contribution is 5.46. The van der Waals surface area contributed by atoms with E-state index in [0.717, 1.165) is 12.1 Å². The fraction of sp³-hybridized carbons (Fsp3) is 0.500. The van der Waals surface area contributed by atoms with Gasteiger partial charge in [-0.15, -0.1) is 0 Å². The quantitative estimate of drug-likeness (QED) is 0.756. The summed E-state index contributed by atoms with van der Waals surface area (Å²) >= 11 is 0. The Morgan fingerprint density at radius 3 is 1.65 bits per heavy atom. The van der Waals surface area contributed by atoms with Gasteiger partial charge in [0, 0.05) is 26.2 Å². The van der Waals surface area contributed by atoms with E-state index in [9.17, 15) is 30.7 Å². The third kappa shape index (κ3) is 3.16. The van der Waals surface area contributed by atoms with E-state index in [4.69, 9.17) is 0 Å². The van der Waals surface area contributed by atoms with E-state index in [1.165, 1.54) is 12.1 Å². The van der Waals surface area contributed by atoms with E-state index in [-0.39, 0.29) is 5.56 Å². The topological polar surface area (TPSA) is 3.24 Å². The highest BCUT2D eigenvalue weighted by atomic mass is 19.4. The Morgan fingerprint density at radius 1 is 0.850 bits per heavy atom. The van der Waals surface area contributed by atoms with Crippen molar-refractivity contribution in [1.29, 1.82) is 0 Å². The van der Waals surface area contributed by atoms with Gasteiger partial charge >= 0.3 is 18.0 Å². The Bertz CT molecular complexity index is 448. The minimum Gasteiger partial charge on any atom is -0.378 e. The molecule has 114 valence electrons. The normalized spacial score (nSPS) is 13.4. The molecule has 0 aromatic heterocycles. The molecule has 1 aromatic rings. The van der Waals surface area contributed by atoms with Crippen molar-refractivity contribution in [3.8, 4) is 0 Å². The second-order valence-electron chi connectivity index (χ2n) is 4.51. The number of rotatable bonds is 4. The number of benzene rings is 1. The molecule has 0 aliphatic rings. The van der Waals surface area contributed by atoms with Crippen LogP contribution in [0.25, 0.3) is 0 Å². The third-order valence-corrected chi connectivity index (χ3v) is 2.69. The summed E-state index contributed by atoms with van der Waals surface area (Å²) in [4.78, 5) is 1.63. The molecule has 1 nitrogen and oxygen atoms in total. The van der Waals surface area contributed by atoms with Crippen molar-refractivity contribution in [2.75, 3.05) is 19.0 Å². The molecule has 0 atom stereocenters. The molecule has 1 aromatic carbocycles. The number of alkyl halides is 7. The van der Waals surface area contributed by atoms with Crippen molar-refractivity contribution in [1.82, 2.24) is 0 Å². The van der Waals surface area contributed by atoms with E-state index < -0.39 is 24.4 Å². The fourth-order valence-electron chi connectivity index (χ4n) is 1.49. The summed E-state index contributed by atoms with van der Waals surface area (Å²) in [5.74, 6) is -11.3. The minimum atomic E-state index is -6.29. The van der Waals surface area contributed by atoms with E-state index in [2.05, 4.69) is 0 Å². The molecular formula is C12H12F7N. The van der Waals surface area contributed by atoms with Crippen molar-refractivity contribution in [2.24, 2.45) is 0 Å². The zero-order valence-electron chi connectivity index (χ0n) is 10.6. The van der Waals surface area contributed by atoms with Gasteiger partial charge in [0.2, 0.25) is 0 Å². The molecule has 0 saturated heterocycles. The van der Waals surface area contributed by atoms with Gasteiger partial charge in [0.1, 0.15) is 0 Å². The van der Waals surface area contributed by atoms with Crippen LogP contribution in [-0.2, 0) is 6.42 Å².